The lowest BCUT2D eigenvalue weighted by molar-refractivity contribution is -0.162. The molecule has 1 amide bonds. The van der Waals surface area contributed by atoms with E-state index >= 15 is 0 Å². The third kappa shape index (κ3) is 5.17. The van der Waals surface area contributed by atoms with E-state index in [-0.39, 0.29) is 19.1 Å². The molecular formula is C14H17F3N2O2. The molecular weight excluding hydrogens is 285 g/mol. The number of carbonyl (C=O) groups excluding carboxylic acids is 1. The van der Waals surface area contributed by atoms with Gasteiger partial charge in [0.15, 0.2) is 0 Å². The van der Waals surface area contributed by atoms with Gasteiger partial charge in [-0.3, -0.25) is 4.79 Å². The first-order chi connectivity index (χ1) is 9.85. The number of nitrogen functional groups attached to an aromatic ring is 1. The molecule has 0 aromatic heterocycles. The highest BCUT2D eigenvalue weighted by Crippen LogP contribution is 2.30. The minimum atomic E-state index is -4.37. The Labute approximate surface area is 120 Å². The van der Waals surface area contributed by atoms with Crippen LogP contribution >= 0.6 is 0 Å². The van der Waals surface area contributed by atoms with Crippen LogP contribution in [0, 0.1) is 0 Å². The Morgan fingerprint density at radius 3 is 2.43 bits per heavy atom. The molecule has 1 saturated carbocycles. The first-order valence-corrected chi connectivity index (χ1v) is 6.70. The average Bonchev–Trinajstić information content (AvgIpc) is 3.21. The van der Waals surface area contributed by atoms with Crippen LogP contribution in [0.3, 0.4) is 0 Å². The zero-order valence-corrected chi connectivity index (χ0v) is 11.4. The van der Waals surface area contributed by atoms with Crippen molar-refractivity contribution >= 4 is 11.6 Å². The first-order valence-electron chi connectivity index (χ1n) is 6.70. The molecule has 1 aliphatic carbocycles. The Kier molecular flexibility index (Phi) is 4.59. The summed E-state index contributed by atoms with van der Waals surface area (Å²) in [7, 11) is 0. The summed E-state index contributed by atoms with van der Waals surface area (Å²) in [5.74, 6) is 0.0102. The van der Waals surface area contributed by atoms with E-state index in [1.165, 1.54) is 0 Å². The third-order valence-corrected chi connectivity index (χ3v) is 3.12. The summed E-state index contributed by atoms with van der Waals surface area (Å²) in [4.78, 5) is 12.8. The molecule has 1 aromatic rings. The van der Waals surface area contributed by atoms with E-state index in [1.807, 2.05) is 0 Å². The van der Waals surface area contributed by atoms with E-state index in [0.29, 0.717) is 24.3 Å². The maximum Gasteiger partial charge on any atom is 0.406 e. The second kappa shape index (κ2) is 6.24. The maximum atomic E-state index is 12.4. The fourth-order valence-corrected chi connectivity index (χ4v) is 1.96. The van der Waals surface area contributed by atoms with Crippen molar-refractivity contribution in [2.45, 2.75) is 31.5 Å². The number of rotatable bonds is 6. The summed E-state index contributed by atoms with van der Waals surface area (Å²) < 4.78 is 42.7. The molecule has 4 nitrogen and oxygen atoms in total. The number of amides is 1. The summed E-state index contributed by atoms with van der Waals surface area (Å²) in [6, 6.07) is 6.33. The van der Waals surface area contributed by atoms with Crippen molar-refractivity contribution < 1.29 is 22.7 Å². The van der Waals surface area contributed by atoms with E-state index in [1.54, 1.807) is 24.3 Å². The Morgan fingerprint density at radius 2 is 1.90 bits per heavy atom. The van der Waals surface area contributed by atoms with Crippen molar-refractivity contribution in [3.05, 3.63) is 24.3 Å². The highest BCUT2D eigenvalue weighted by molar-refractivity contribution is 5.77. The van der Waals surface area contributed by atoms with E-state index in [0.717, 1.165) is 4.90 Å². The molecule has 7 heteroatoms. The SMILES string of the molecule is Nc1ccc(OCCC(=O)N(CC(F)(F)F)C2CC2)cc1. The number of nitrogens with zero attached hydrogens (tertiary/aromatic N) is 1. The Balaban J connectivity index is 1.80. The highest BCUT2D eigenvalue weighted by atomic mass is 19.4. The summed E-state index contributed by atoms with van der Waals surface area (Å²) in [5, 5.41) is 0. The van der Waals surface area contributed by atoms with Gasteiger partial charge in [0.05, 0.1) is 13.0 Å². The number of anilines is 1. The number of benzene rings is 1. The van der Waals surface area contributed by atoms with Gasteiger partial charge in [-0.15, -0.1) is 0 Å². The average molecular weight is 302 g/mol. The largest absolute Gasteiger partial charge is 0.493 e. The molecule has 2 rings (SSSR count). The van der Waals surface area contributed by atoms with Crippen LogP contribution in [-0.4, -0.2) is 36.2 Å². The lowest BCUT2D eigenvalue weighted by Gasteiger charge is -2.23. The van der Waals surface area contributed by atoms with Crippen molar-refractivity contribution in [2.24, 2.45) is 0 Å². The quantitative estimate of drug-likeness (QED) is 0.822. The summed E-state index contributed by atoms with van der Waals surface area (Å²) in [6.07, 6.45) is -3.16. The molecule has 0 atom stereocenters. The number of hydrogen-bond acceptors (Lipinski definition) is 3. The molecule has 0 heterocycles. The fraction of sp³-hybridized carbons (Fsp3) is 0.500. The van der Waals surface area contributed by atoms with Crippen LogP contribution < -0.4 is 10.5 Å². The van der Waals surface area contributed by atoms with Crippen molar-refractivity contribution in [1.82, 2.24) is 4.90 Å². The predicted octanol–water partition coefficient (Wildman–Crippen LogP) is 2.59. The van der Waals surface area contributed by atoms with Crippen LogP contribution in [0.15, 0.2) is 24.3 Å². The van der Waals surface area contributed by atoms with Gasteiger partial charge in [-0.2, -0.15) is 13.2 Å². The molecule has 2 N–H and O–H groups in total. The van der Waals surface area contributed by atoms with Gasteiger partial charge in [-0.25, -0.2) is 0 Å². The molecule has 1 fully saturated rings. The molecule has 1 aromatic carbocycles. The molecule has 0 spiro atoms. The molecule has 116 valence electrons. The molecule has 0 radical (unpaired) electrons. The van der Waals surface area contributed by atoms with E-state index in [2.05, 4.69) is 0 Å². The van der Waals surface area contributed by atoms with Gasteiger partial charge < -0.3 is 15.4 Å². The fourth-order valence-electron chi connectivity index (χ4n) is 1.96. The number of carbonyl (C=O) groups is 1. The third-order valence-electron chi connectivity index (χ3n) is 3.12. The first kappa shape index (κ1) is 15.5. The van der Waals surface area contributed by atoms with Crippen LogP contribution in [0.25, 0.3) is 0 Å². The predicted molar refractivity (Wildman–Crippen MR) is 71.8 cm³/mol. The Bertz CT molecular complexity index is 484. The van der Waals surface area contributed by atoms with Crippen LogP contribution in [0.1, 0.15) is 19.3 Å². The molecule has 0 unspecified atom stereocenters. The van der Waals surface area contributed by atoms with Gasteiger partial charge in [0.25, 0.3) is 0 Å². The molecule has 0 bridgehead atoms. The topological polar surface area (TPSA) is 55.6 Å². The number of halogens is 3. The van der Waals surface area contributed by atoms with Crippen molar-refractivity contribution in [3.8, 4) is 5.75 Å². The molecule has 21 heavy (non-hydrogen) atoms. The van der Waals surface area contributed by atoms with Gasteiger partial charge in [0, 0.05) is 11.7 Å². The summed E-state index contributed by atoms with van der Waals surface area (Å²) >= 11 is 0. The van der Waals surface area contributed by atoms with Gasteiger partial charge in [-0.05, 0) is 37.1 Å². The molecule has 1 aliphatic rings. The van der Waals surface area contributed by atoms with E-state index < -0.39 is 18.6 Å². The van der Waals surface area contributed by atoms with Crippen LogP contribution in [0.2, 0.25) is 0 Å². The number of alkyl halides is 3. The van der Waals surface area contributed by atoms with E-state index in [4.69, 9.17) is 10.5 Å². The normalized spacial score (nSPS) is 14.8. The highest BCUT2D eigenvalue weighted by Gasteiger charge is 2.40. The maximum absolute atomic E-state index is 12.4. The van der Waals surface area contributed by atoms with Gasteiger partial charge >= 0.3 is 6.18 Å². The second-order valence-corrected chi connectivity index (χ2v) is 5.04. The monoisotopic (exact) mass is 302 g/mol. The van der Waals surface area contributed by atoms with Crippen LogP contribution in [0.5, 0.6) is 5.75 Å². The molecule has 0 saturated heterocycles. The van der Waals surface area contributed by atoms with Gasteiger partial charge in [-0.1, -0.05) is 0 Å². The van der Waals surface area contributed by atoms with Crippen molar-refractivity contribution in [2.75, 3.05) is 18.9 Å². The molecule has 0 aliphatic heterocycles. The lowest BCUT2D eigenvalue weighted by Crippen LogP contribution is -2.41. The van der Waals surface area contributed by atoms with Crippen LogP contribution in [-0.2, 0) is 4.79 Å². The smallest absolute Gasteiger partial charge is 0.406 e. The number of nitrogens with two attached hydrogens (primary N) is 1. The zero-order valence-electron chi connectivity index (χ0n) is 11.4. The number of hydrogen-bond donors (Lipinski definition) is 1. The minimum absolute atomic E-state index is 0.0455. The van der Waals surface area contributed by atoms with Crippen LogP contribution in [0.4, 0.5) is 18.9 Å². The zero-order chi connectivity index (χ0) is 15.5. The Hall–Kier alpha value is -1.92. The minimum Gasteiger partial charge on any atom is -0.493 e. The van der Waals surface area contributed by atoms with Gasteiger partial charge in [0.1, 0.15) is 12.3 Å². The lowest BCUT2D eigenvalue weighted by atomic mass is 10.3. The standard InChI is InChI=1S/C14H17F3N2O2/c15-14(16,17)9-19(11-3-4-11)13(20)7-8-21-12-5-1-10(18)2-6-12/h1-2,5-6,11H,3-4,7-9,18H2. The van der Waals surface area contributed by atoms with Crippen molar-refractivity contribution in [1.29, 1.82) is 0 Å². The summed E-state index contributed by atoms with van der Waals surface area (Å²) in [6.45, 7) is -1.14. The van der Waals surface area contributed by atoms with E-state index in [9.17, 15) is 18.0 Å². The van der Waals surface area contributed by atoms with Crippen molar-refractivity contribution in [3.63, 3.8) is 0 Å². The van der Waals surface area contributed by atoms with Gasteiger partial charge in [0.2, 0.25) is 5.91 Å². The Morgan fingerprint density at radius 1 is 1.29 bits per heavy atom. The number of ether oxygens (including phenoxy) is 1. The summed E-state index contributed by atoms with van der Waals surface area (Å²) in [5.41, 5.74) is 6.11. The second-order valence-electron chi connectivity index (χ2n) is 5.04.